The number of hydrogen-bond donors (Lipinski definition) is 1. The highest BCUT2D eigenvalue weighted by molar-refractivity contribution is 5.96. The van der Waals surface area contributed by atoms with Crippen LogP contribution in [0, 0.1) is 17.0 Å². The number of aromatic nitrogens is 4. The summed E-state index contributed by atoms with van der Waals surface area (Å²) in [6.07, 6.45) is 2.80. The van der Waals surface area contributed by atoms with Gasteiger partial charge in [-0.3, -0.25) is 24.3 Å². The van der Waals surface area contributed by atoms with Crippen molar-refractivity contribution in [2.75, 3.05) is 0 Å². The Balaban J connectivity index is 2.26. The van der Waals surface area contributed by atoms with Crippen molar-refractivity contribution < 1.29 is 9.72 Å². The molecule has 1 N–H and O–H groups in total. The van der Waals surface area contributed by atoms with Crippen LogP contribution < -0.4 is 5.32 Å². The molecule has 9 nitrogen and oxygen atoms in total. The summed E-state index contributed by atoms with van der Waals surface area (Å²) < 4.78 is 3.15. The van der Waals surface area contributed by atoms with Crippen LogP contribution in [0.2, 0.25) is 0 Å². The first-order valence-electron chi connectivity index (χ1n) is 7.44. The van der Waals surface area contributed by atoms with E-state index in [1.807, 2.05) is 25.5 Å². The van der Waals surface area contributed by atoms with Gasteiger partial charge in [0.05, 0.1) is 17.2 Å². The fourth-order valence-electron chi connectivity index (χ4n) is 2.53. The number of nitro groups is 1. The lowest BCUT2D eigenvalue weighted by molar-refractivity contribution is -0.385. The first-order valence-corrected chi connectivity index (χ1v) is 7.44. The molecule has 0 aromatic carbocycles. The third-order valence-electron chi connectivity index (χ3n) is 3.79. The Morgan fingerprint density at radius 1 is 1.30 bits per heavy atom. The Morgan fingerprint density at radius 3 is 2.43 bits per heavy atom. The van der Waals surface area contributed by atoms with Gasteiger partial charge in [-0.05, 0) is 27.7 Å². The molecular weight excluding hydrogens is 300 g/mol. The van der Waals surface area contributed by atoms with Gasteiger partial charge in [-0.1, -0.05) is 0 Å². The molecular formula is C14H20N6O3. The van der Waals surface area contributed by atoms with Gasteiger partial charge in [-0.25, -0.2) is 0 Å². The Morgan fingerprint density at radius 2 is 1.91 bits per heavy atom. The normalized spacial score (nSPS) is 12.2. The van der Waals surface area contributed by atoms with Crippen LogP contribution in [0.3, 0.4) is 0 Å². The third kappa shape index (κ3) is 3.08. The van der Waals surface area contributed by atoms with E-state index in [-0.39, 0.29) is 17.4 Å². The maximum Gasteiger partial charge on any atom is 0.320 e. The van der Waals surface area contributed by atoms with Crippen LogP contribution in [0.15, 0.2) is 12.4 Å². The quantitative estimate of drug-likeness (QED) is 0.645. The molecule has 0 fully saturated rings. The lowest BCUT2D eigenvalue weighted by atomic mass is 10.1. The Bertz CT molecular complexity index is 733. The van der Waals surface area contributed by atoms with Crippen LogP contribution in [-0.2, 0) is 13.1 Å². The van der Waals surface area contributed by atoms with E-state index in [2.05, 4.69) is 15.5 Å². The summed E-state index contributed by atoms with van der Waals surface area (Å²) in [6, 6.07) is -0.317. The maximum atomic E-state index is 12.5. The van der Waals surface area contributed by atoms with Crippen molar-refractivity contribution >= 4 is 11.6 Å². The average molecular weight is 320 g/mol. The smallest absolute Gasteiger partial charge is 0.320 e. The van der Waals surface area contributed by atoms with Gasteiger partial charge < -0.3 is 5.32 Å². The molecule has 0 spiro atoms. The van der Waals surface area contributed by atoms with E-state index in [0.717, 1.165) is 24.0 Å². The van der Waals surface area contributed by atoms with Gasteiger partial charge in [0, 0.05) is 24.3 Å². The highest BCUT2D eigenvalue weighted by Gasteiger charge is 2.28. The molecule has 2 aromatic heterocycles. The summed E-state index contributed by atoms with van der Waals surface area (Å²) in [4.78, 5) is 22.9. The van der Waals surface area contributed by atoms with Crippen LogP contribution in [0.5, 0.6) is 0 Å². The second-order valence-electron chi connectivity index (χ2n) is 5.15. The van der Waals surface area contributed by atoms with E-state index < -0.39 is 10.8 Å². The molecule has 124 valence electrons. The van der Waals surface area contributed by atoms with Crippen molar-refractivity contribution in [2.45, 2.75) is 46.8 Å². The zero-order valence-electron chi connectivity index (χ0n) is 13.6. The summed E-state index contributed by atoms with van der Waals surface area (Å²) >= 11 is 0. The number of rotatable bonds is 6. The molecule has 0 bridgehead atoms. The van der Waals surface area contributed by atoms with Crippen LogP contribution in [0.25, 0.3) is 0 Å². The topological polar surface area (TPSA) is 108 Å². The number of carbonyl (C=O) groups excluding carboxylic acids is 1. The van der Waals surface area contributed by atoms with Crippen molar-refractivity contribution in [3.05, 3.63) is 39.5 Å². The summed E-state index contributed by atoms with van der Waals surface area (Å²) in [7, 11) is 0. The highest BCUT2D eigenvalue weighted by atomic mass is 16.6. The van der Waals surface area contributed by atoms with Gasteiger partial charge in [-0.2, -0.15) is 10.2 Å². The predicted molar refractivity (Wildman–Crippen MR) is 83.1 cm³/mol. The molecule has 2 aromatic rings. The van der Waals surface area contributed by atoms with Gasteiger partial charge >= 0.3 is 5.69 Å². The van der Waals surface area contributed by atoms with Gasteiger partial charge in [0.1, 0.15) is 6.20 Å². The van der Waals surface area contributed by atoms with E-state index in [4.69, 9.17) is 0 Å². The van der Waals surface area contributed by atoms with Gasteiger partial charge in [0.15, 0.2) is 0 Å². The van der Waals surface area contributed by atoms with Gasteiger partial charge in [0.2, 0.25) is 5.69 Å². The minimum atomic E-state index is -0.598. The van der Waals surface area contributed by atoms with Crippen LogP contribution in [0.4, 0.5) is 5.69 Å². The number of nitrogens with zero attached hydrogens (tertiary/aromatic N) is 5. The van der Waals surface area contributed by atoms with E-state index in [1.54, 1.807) is 13.1 Å². The van der Waals surface area contributed by atoms with Gasteiger partial charge in [-0.15, -0.1) is 0 Å². The largest absolute Gasteiger partial charge is 0.344 e. The minimum absolute atomic E-state index is 0.0371. The van der Waals surface area contributed by atoms with E-state index in [0.29, 0.717) is 6.54 Å². The molecule has 1 unspecified atom stereocenters. The minimum Gasteiger partial charge on any atom is -0.344 e. The number of amides is 1. The Labute approximate surface area is 133 Å². The molecule has 0 saturated carbocycles. The fourth-order valence-corrected chi connectivity index (χ4v) is 2.53. The average Bonchev–Trinajstić information content (AvgIpc) is 3.10. The summed E-state index contributed by atoms with van der Waals surface area (Å²) in [6.45, 7) is 8.61. The maximum absolute atomic E-state index is 12.5. The van der Waals surface area contributed by atoms with Crippen molar-refractivity contribution in [1.82, 2.24) is 24.9 Å². The predicted octanol–water partition coefficient (Wildman–Crippen LogP) is 1.83. The standard InChI is InChI=1S/C14H20N6O3/c1-5-18-10(4)11(7-15-18)9(3)17-14(21)13-12(20(22)23)8-16-19(13)6-2/h7-9H,5-6H2,1-4H3,(H,17,21). The molecule has 0 aliphatic heterocycles. The number of aryl methyl sites for hydroxylation is 2. The van der Waals surface area contributed by atoms with Crippen molar-refractivity contribution in [1.29, 1.82) is 0 Å². The molecule has 2 rings (SSSR count). The molecule has 1 atom stereocenters. The van der Waals surface area contributed by atoms with Crippen molar-refractivity contribution in [2.24, 2.45) is 0 Å². The number of carbonyl (C=O) groups is 1. The zero-order valence-corrected chi connectivity index (χ0v) is 13.6. The monoisotopic (exact) mass is 320 g/mol. The van der Waals surface area contributed by atoms with Crippen LogP contribution in [0.1, 0.15) is 48.6 Å². The van der Waals surface area contributed by atoms with Crippen LogP contribution in [-0.4, -0.2) is 30.4 Å². The molecule has 0 saturated heterocycles. The van der Waals surface area contributed by atoms with E-state index in [9.17, 15) is 14.9 Å². The third-order valence-corrected chi connectivity index (χ3v) is 3.79. The number of hydrogen-bond acceptors (Lipinski definition) is 5. The second kappa shape index (κ2) is 6.59. The first-order chi connectivity index (χ1) is 10.9. The number of nitrogens with one attached hydrogen (secondary N) is 1. The Hall–Kier alpha value is -2.71. The van der Waals surface area contributed by atoms with E-state index in [1.165, 1.54) is 4.68 Å². The lowest BCUT2D eigenvalue weighted by Gasteiger charge is -2.14. The van der Waals surface area contributed by atoms with Crippen molar-refractivity contribution in [3.8, 4) is 0 Å². The highest BCUT2D eigenvalue weighted by Crippen LogP contribution is 2.21. The first kappa shape index (κ1) is 16.7. The molecule has 1 amide bonds. The fraction of sp³-hybridized carbons (Fsp3) is 0.500. The summed E-state index contributed by atoms with van der Waals surface area (Å²) in [5.41, 5.74) is 1.51. The molecule has 2 heterocycles. The molecule has 9 heteroatoms. The molecule has 0 radical (unpaired) electrons. The van der Waals surface area contributed by atoms with Crippen LogP contribution >= 0.6 is 0 Å². The molecule has 0 aliphatic rings. The van der Waals surface area contributed by atoms with Crippen molar-refractivity contribution in [3.63, 3.8) is 0 Å². The molecule has 0 aliphatic carbocycles. The summed E-state index contributed by atoms with van der Waals surface area (Å²) in [5, 5.41) is 22.0. The van der Waals surface area contributed by atoms with E-state index >= 15 is 0 Å². The second-order valence-corrected chi connectivity index (χ2v) is 5.15. The summed E-state index contributed by atoms with van der Waals surface area (Å²) in [5.74, 6) is -0.521. The lowest BCUT2D eigenvalue weighted by Crippen LogP contribution is -2.29. The molecule has 23 heavy (non-hydrogen) atoms. The van der Waals surface area contributed by atoms with Gasteiger partial charge in [0.25, 0.3) is 5.91 Å². The SMILES string of the molecule is CCn1ncc(C(C)NC(=O)c2c([N+](=O)[O-])cnn2CC)c1C. The zero-order chi connectivity index (χ0) is 17.1. The Kier molecular flexibility index (Phi) is 4.77.